The van der Waals surface area contributed by atoms with Gasteiger partial charge in [-0.2, -0.15) is 0 Å². The first-order valence-electron chi connectivity index (χ1n) is 11.9. The number of ketones is 1. The van der Waals surface area contributed by atoms with Crippen LogP contribution in [-0.2, 0) is 14.4 Å². The molecule has 0 radical (unpaired) electrons. The van der Waals surface area contributed by atoms with Crippen LogP contribution in [0.15, 0.2) is 78.9 Å². The Morgan fingerprint density at radius 2 is 1.30 bits per heavy atom. The predicted octanol–water partition coefficient (Wildman–Crippen LogP) is 4.02. The summed E-state index contributed by atoms with van der Waals surface area (Å²) >= 11 is 0. The van der Waals surface area contributed by atoms with Crippen LogP contribution in [0.4, 0.5) is 11.4 Å². The monoisotopic (exact) mass is 502 g/mol. The normalized spacial score (nSPS) is 23.1. The minimum Gasteiger partial charge on any atom is -0.495 e. The maximum atomic E-state index is 13.8. The molecule has 1 aliphatic rings. The number of carbonyl (C=O) groups is 3. The number of aliphatic hydroxyl groups is 1. The van der Waals surface area contributed by atoms with Gasteiger partial charge in [-0.3, -0.25) is 14.4 Å². The van der Waals surface area contributed by atoms with Crippen LogP contribution in [0.1, 0.15) is 24.8 Å². The van der Waals surface area contributed by atoms with E-state index in [4.69, 9.17) is 9.47 Å². The second-order valence-electron chi connectivity index (χ2n) is 9.27. The minimum absolute atomic E-state index is 0.357. The second kappa shape index (κ2) is 10.8. The van der Waals surface area contributed by atoms with Crippen LogP contribution in [0.3, 0.4) is 0 Å². The summed E-state index contributed by atoms with van der Waals surface area (Å²) in [4.78, 5) is 40.8. The quantitative estimate of drug-likeness (QED) is 0.421. The van der Waals surface area contributed by atoms with Gasteiger partial charge in [0, 0.05) is 12.3 Å². The highest BCUT2D eigenvalue weighted by Crippen LogP contribution is 2.47. The molecule has 0 spiro atoms. The summed E-state index contributed by atoms with van der Waals surface area (Å²) in [6.07, 6.45) is -0.357. The fraction of sp³-hybridized carbons (Fsp3) is 0.276. The van der Waals surface area contributed by atoms with E-state index < -0.39 is 41.0 Å². The fourth-order valence-corrected chi connectivity index (χ4v) is 5.08. The molecule has 1 aliphatic carbocycles. The zero-order valence-electron chi connectivity index (χ0n) is 20.9. The Kier molecular flexibility index (Phi) is 7.59. The molecule has 3 aromatic rings. The third kappa shape index (κ3) is 5.34. The predicted molar refractivity (Wildman–Crippen MR) is 140 cm³/mol. The van der Waals surface area contributed by atoms with Gasteiger partial charge < -0.3 is 25.2 Å². The summed E-state index contributed by atoms with van der Waals surface area (Å²) in [5, 5.41) is 17.1. The van der Waals surface area contributed by atoms with Crippen LogP contribution in [0.5, 0.6) is 11.5 Å². The van der Waals surface area contributed by atoms with Gasteiger partial charge in [0.15, 0.2) is 0 Å². The molecule has 3 aromatic carbocycles. The Labute approximate surface area is 215 Å². The Morgan fingerprint density at radius 3 is 1.84 bits per heavy atom. The molecule has 0 aliphatic heterocycles. The molecule has 0 saturated heterocycles. The summed E-state index contributed by atoms with van der Waals surface area (Å²) in [6, 6.07) is 22.6. The molecule has 8 nitrogen and oxygen atoms in total. The van der Waals surface area contributed by atoms with E-state index >= 15 is 0 Å². The van der Waals surface area contributed by atoms with Gasteiger partial charge in [0.05, 0.1) is 37.1 Å². The van der Waals surface area contributed by atoms with Gasteiger partial charge in [0.1, 0.15) is 23.2 Å². The van der Waals surface area contributed by atoms with E-state index in [2.05, 4.69) is 10.6 Å². The van der Waals surface area contributed by atoms with E-state index in [1.54, 1.807) is 78.9 Å². The van der Waals surface area contributed by atoms with Crippen molar-refractivity contribution in [2.24, 2.45) is 11.8 Å². The van der Waals surface area contributed by atoms with Crippen LogP contribution >= 0.6 is 0 Å². The first-order valence-corrected chi connectivity index (χ1v) is 11.9. The molecule has 8 heteroatoms. The number of benzene rings is 3. The highest BCUT2D eigenvalue weighted by Gasteiger charge is 2.56. The smallest absolute Gasteiger partial charge is 0.235 e. The first kappa shape index (κ1) is 25.9. The maximum Gasteiger partial charge on any atom is 0.235 e. The highest BCUT2D eigenvalue weighted by molar-refractivity contribution is 6.11. The average molecular weight is 503 g/mol. The van der Waals surface area contributed by atoms with Crippen molar-refractivity contribution in [2.75, 3.05) is 24.9 Å². The molecular formula is C29H30N2O6. The van der Waals surface area contributed by atoms with Crippen molar-refractivity contribution in [1.82, 2.24) is 0 Å². The Bertz CT molecular complexity index is 1290. The molecule has 4 rings (SSSR count). The highest BCUT2D eigenvalue weighted by atomic mass is 16.5. The molecule has 0 aromatic heterocycles. The Balaban J connectivity index is 1.76. The SMILES string of the molecule is COc1ccccc1NC(=O)[C@H]1C(=O)C[C@@](C)(O)[C@@H](C(=O)Nc2ccccc2OC)[C@H]1c1ccccc1. The number of anilines is 2. The molecular weight excluding hydrogens is 472 g/mol. The van der Waals surface area contributed by atoms with Crippen molar-refractivity contribution < 1.29 is 29.0 Å². The van der Waals surface area contributed by atoms with E-state index in [0.29, 0.717) is 28.4 Å². The number of hydrogen-bond donors (Lipinski definition) is 3. The summed E-state index contributed by atoms with van der Waals surface area (Å²) < 4.78 is 10.7. The largest absolute Gasteiger partial charge is 0.495 e. The number of ether oxygens (including phenoxy) is 2. The van der Waals surface area contributed by atoms with Gasteiger partial charge in [-0.25, -0.2) is 0 Å². The zero-order chi connectivity index (χ0) is 26.6. The number of carbonyl (C=O) groups excluding carboxylic acids is 3. The molecule has 0 bridgehead atoms. The van der Waals surface area contributed by atoms with Crippen molar-refractivity contribution >= 4 is 29.0 Å². The second-order valence-corrected chi connectivity index (χ2v) is 9.27. The van der Waals surface area contributed by atoms with Gasteiger partial charge in [0.2, 0.25) is 11.8 Å². The molecule has 192 valence electrons. The Morgan fingerprint density at radius 1 is 0.811 bits per heavy atom. The zero-order valence-corrected chi connectivity index (χ0v) is 20.9. The van der Waals surface area contributed by atoms with Gasteiger partial charge in [0.25, 0.3) is 0 Å². The number of amides is 2. The van der Waals surface area contributed by atoms with Crippen molar-refractivity contribution in [3.05, 3.63) is 84.4 Å². The third-order valence-electron chi connectivity index (χ3n) is 6.75. The molecule has 1 saturated carbocycles. The molecule has 0 unspecified atom stereocenters. The molecule has 0 heterocycles. The van der Waals surface area contributed by atoms with Crippen molar-refractivity contribution in [3.63, 3.8) is 0 Å². The van der Waals surface area contributed by atoms with E-state index in [0.717, 1.165) is 0 Å². The topological polar surface area (TPSA) is 114 Å². The van der Waals surface area contributed by atoms with Crippen molar-refractivity contribution in [1.29, 1.82) is 0 Å². The molecule has 2 amide bonds. The first-order chi connectivity index (χ1) is 17.8. The lowest BCUT2D eigenvalue weighted by atomic mass is 9.61. The molecule has 1 fully saturated rings. The van der Waals surface area contributed by atoms with Crippen LogP contribution in [0.2, 0.25) is 0 Å². The lowest BCUT2D eigenvalue weighted by molar-refractivity contribution is -0.150. The molecule has 4 atom stereocenters. The van der Waals surface area contributed by atoms with Crippen molar-refractivity contribution in [3.8, 4) is 11.5 Å². The molecule has 37 heavy (non-hydrogen) atoms. The van der Waals surface area contributed by atoms with E-state index in [-0.39, 0.29) is 6.42 Å². The van der Waals surface area contributed by atoms with E-state index in [9.17, 15) is 19.5 Å². The summed E-state index contributed by atoms with van der Waals surface area (Å²) in [5.41, 5.74) is -0.284. The lowest BCUT2D eigenvalue weighted by Crippen LogP contribution is -2.56. The van der Waals surface area contributed by atoms with Crippen LogP contribution in [0.25, 0.3) is 0 Å². The number of nitrogens with one attached hydrogen (secondary N) is 2. The fourth-order valence-electron chi connectivity index (χ4n) is 5.08. The summed E-state index contributed by atoms with van der Waals surface area (Å²) in [5.74, 6) is -3.93. The maximum absolute atomic E-state index is 13.8. The minimum atomic E-state index is -1.70. The van der Waals surface area contributed by atoms with Crippen LogP contribution < -0.4 is 20.1 Å². The van der Waals surface area contributed by atoms with Crippen LogP contribution in [0, 0.1) is 11.8 Å². The lowest BCUT2D eigenvalue weighted by Gasteiger charge is -2.44. The molecule has 3 N–H and O–H groups in total. The van der Waals surface area contributed by atoms with Gasteiger partial charge in [-0.15, -0.1) is 0 Å². The summed E-state index contributed by atoms with van der Waals surface area (Å²) in [7, 11) is 2.98. The van der Waals surface area contributed by atoms with Gasteiger partial charge >= 0.3 is 0 Å². The number of rotatable bonds is 7. The third-order valence-corrected chi connectivity index (χ3v) is 6.75. The van der Waals surface area contributed by atoms with Gasteiger partial charge in [-0.05, 0) is 36.8 Å². The number of Topliss-reactive ketones (excluding diaryl/α,β-unsaturated/α-hetero) is 1. The van der Waals surface area contributed by atoms with Crippen LogP contribution in [-0.4, -0.2) is 42.5 Å². The van der Waals surface area contributed by atoms with E-state index in [1.807, 2.05) is 0 Å². The number of para-hydroxylation sites is 4. The standard InChI is InChI=1S/C29H30N2O6/c1-29(35)17-21(32)25(27(33)30-19-13-7-9-15-22(19)36-2)24(18-11-5-4-6-12-18)26(29)28(34)31-20-14-8-10-16-23(20)37-3/h4-16,24-26,35H,17H2,1-3H3,(H,30,33)(H,31,34)/t24-,25-,26+,29+/m0/s1. The number of hydrogen-bond acceptors (Lipinski definition) is 6. The summed E-state index contributed by atoms with van der Waals surface area (Å²) in [6.45, 7) is 1.46. The Hall–Kier alpha value is -4.17. The van der Waals surface area contributed by atoms with Gasteiger partial charge in [-0.1, -0.05) is 54.6 Å². The van der Waals surface area contributed by atoms with E-state index in [1.165, 1.54) is 21.1 Å². The number of methoxy groups -OCH3 is 2. The average Bonchev–Trinajstić information content (AvgIpc) is 2.88. The van der Waals surface area contributed by atoms with Crippen molar-refractivity contribution in [2.45, 2.75) is 24.9 Å².